The predicted octanol–water partition coefficient (Wildman–Crippen LogP) is 2.40. The van der Waals surface area contributed by atoms with Crippen molar-refractivity contribution in [2.75, 3.05) is 19.8 Å². The molecule has 1 aliphatic heterocycles. The lowest BCUT2D eigenvalue weighted by Gasteiger charge is -2.31. The molecular formula is C17H22FNO4. The van der Waals surface area contributed by atoms with Crippen molar-refractivity contribution in [1.82, 2.24) is 5.32 Å². The van der Waals surface area contributed by atoms with Gasteiger partial charge in [-0.15, -0.1) is 0 Å². The summed E-state index contributed by atoms with van der Waals surface area (Å²) in [5, 5.41) is 2.74. The van der Waals surface area contributed by atoms with Crippen LogP contribution in [0.2, 0.25) is 0 Å². The maximum absolute atomic E-state index is 13.4. The summed E-state index contributed by atoms with van der Waals surface area (Å²) < 4.78 is 30.3. The maximum Gasteiger partial charge on any atom is 0.258 e. The molecule has 2 fully saturated rings. The molecule has 1 spiro atoms. The molecule has 23 heavy (non-hydrogen) atoms. The molecular weight excluding hydrogens is 301 g/mol. The van der Waals surface area contributed by atoms with Gasteiger partial charge in [-0.2, -0.15) is 0 Å². The highest BCUT2D eigenvalue weighted by Crippen LogP contribution is 2.37. The minimum absolute atomic E-state index is 0.0734. The molecule has 1 unspecified atom stereocenters. The first-order valence-electron chi connectivity index (χ1n) is 8.13. The highest BCUT2D eigenvalue weighted by Gasteiger charge is 2.42. The zero-order chi connectivity index (χ0) is 16.1. The summed E-state index contributed by atoms with van der Waals surface area (Å²) in [6.45, 7) is 0.648. The normalized spacial score (nSPS) is 22.9. The monoisotopic (exact) mass is 323 g/mol. The van der Waals surface area contributed by atoms with E-state index in [1.165, 1.54) is 18.6 Å². The van der Waals surface area contributed by atoms with E-state index in [1.807, 2.05) is 0 Å². The van der Waals surface area contributed by atoms with Gasteiger partial charge in [-0.3, -0.25) is 4.79 Å². The van der Waals surface area contributed by atoms with E-state index >= 15 is 0 Å². The zero-order valence-corrected chi connectivity index (χ0v) is 13.1. The van der Waals surface area contributed by atoms with Crippen LogP contribution in [-0.4, -0.2) is 37.6 Å². The summed E-state index contributed by atoms with van der Waals surface area (Å²) in [7, 11) is 0. The van der Waals surface area contributed by atoms with E-state index in [0.29, 0.717) is 13.2 Å². The van der Waals surface area contributed by atoms with E-state index in [2.05, 4.69) is 5.32 Å². The molecule has 1 saturated heterocycles. The molecule has 1 aromatic carbocycles. The van der Waals surface area contributed by atoms with Gasteiger partial charge >= 0.3 is 0 Å². The van der Waals surface area contributed by atoms with E-state index in [0.717, 1.165) is 25.7 Å². The van der Waals surface area contributed by atoms with E-state index in [9.17, 15) is 9.18 Å². The average Bonchev–Trinajstić information content (AvgIpc) is 2.95. The predicted molar refractivity (Wildman–Crippen MR) is 81.5 cm³/mol. The van der Waals surface area contributed by atoms with Gasteiger partial charge in [0.25, 0.3) is 5.91 Å². The molecule has 1 atom stereocenters. The van der Waals surface area contributed by atoms with Crippen LogP contribution in [0.1, 0.15) is 32.1 Å². The Kier molecular flexibility index (Phi) is 5.13. The van der Waals surface area contributed by atoms with Crippen molar-refractivity contribution in [3.63, 3.8) is 0 Å². The van der Waals surface area contributed by atoms with Crippen molar-refractivity contribution >= 4 is 5.91 Å². The summed E-state index contributed by atoms with van der Waals surface area (Å²) >= 11 is 0. The van der Waals surface area contributed by atoms with Crippen LogP contribution in [0.3, 0.4) is 0 Å². The van der Waals surface area contributed by atoms with Gasteiger partial charge in [-0.1, -0.05) is 18.6 Å². The minimum atomic E-state index is -0.480. The van der Waals surface area contributed by atoms with Crippen LogP contribution in [-0.2, 0) is 14.3 Å². The number of halogens is 1. The van der Waals surface area contributed by atoms with Crippen LogP contribution in [0.4, 0.5) is 4.39 Å². The standard InChI is InChI=1S/C17H22FNO4/c18-14-6-2-3-7-15(14)21-12-16(20)19-10-13-11-22-17(23-13)8-4-1-5-9-17/h2-3,6-7,13H,1,4-5,8-12H2,(H,19,20). The molecule has 0 aromatic heterocycles. The van der Waals surface area contributed by atoms with Gasteiger partial charge in [-0.25, -0.2) is 4.39 Å². The molecule has 1 N–H and O–H groups in total. The van der Waals surface area contributed by atoms with Crippen molar-refractivity contribution < 1.29 is 23.4 Å². The zero-order valence-electron chi connectivity index (χ0n) is 13.1. The highest BCUT2D eigenvalue weighted by molar-refractivity contribution is 5.77. The molecule has 1 aliphatic carbocycles. The molecule has 3 rings (SSSR count). The van der Waals surface area contributed by atoms with Gasteiger partial charge < -0.3 is 19.5 Å². The molecule has 126 valence electrons. The highest BCUT2D eigenvalue weighted by atomic mass is 19.1. The second-order valence-corrected chi connectivity index (χ2v) is 6.05. The number of hydrogen-bond donors (Lipinski definition) is 1. The smallest absolute Gasteiger partial charge is 0.258 e. The third-order valence-corrected chi connectivity index (χ3v) is 4.25. The lowest BCUT2D eigenvalue weighted by Crippen LogP contribution is -2.38. The summed E-state index contributed by atoms with van der Waals surface area (Å²) in [6, 6.07) is 6.01. The Morgan fingerprint density at radius 2 is 2.09 bits per heavy atom. The first-order chi connectivity index (χ1) is 11.2. The summed E-state index contributed by atoms with van der Waals surface area (Å²) in [5.74, 6) is -1.14. The first-order valence-corrected chi connectivity index (χ1v) is 8.13. The molecule has 0 bridgehead atoms. The Labute approximate surface area is 135 Å². The number of amides is 1. The number of carbonyl (C=O) groups excluding carboxylic acids is 1. The van der Waals surface area contributed by atoms with Gasteiger partial charge in [0.05, 0.1) is 6.61 Å². The summed E-state index contributed by atoms with van der Waals surface area (Å²) in [6.07, 6.45) is 5.18. The van der Waals surface area contributed by atoms with Crippen molar-refractivity contribution in [1.29, 1.82) is 0 Å². The van der Waals surface area contributed by atoms with Crippen LogP contribution in [0, 0.1) is 5.82 Å². The summed E-state index contributed by atoms with van der Waals surface area (Å²) in [4.78, 5) is 11.8. The topological polar surface area (TPSA) is 56.8 Å². The molecule has 1 aromatic rings. The van der Waals surface area contributed by atoms with E-state index in [-0.39, 0.29) is 24.4 Å². The van der Waals surface area contributed by atoms with E-state index in [4.69, 9.17) is 14.2 Å². The molecule has 1 saturated carbocycles. The summed E-state index contributed by atoms with van der Waals surface area (Å²) in [5.41, 5.74) is 0. The third-order valence-electron chi connectivity index (χ3n) is 4.25. The Morgan fingerprint density at radius 3 is 2.87 bits per heavy atom. The van der Waals surface area contributed by atoms with E-state index < -0.39 is 11.6 Å². The third kappa shape index (κ3) is 4.20. The fourth-order valence-corrected chi connectivity index (χ4v) is 3.05. The molecule has 0 radical (unpaired) electrons. The van der Waals surface area contributed by atoms with Gasteiger partial charge in [0, 0.05) is 19.4 Å². The lowest BCUT2D eigenvalue weighted by atomic mass is 9.94. The van der Waals surface area contributed by atoms with Gasteiger partial charge in [0.1, 0.15) is 6.10 Å². The van der Waals surface area contributed by atoms with Crippen molar-refractivity contribution in [3.8, 4) is 5.75 Å². The first kappa shape index (κ1) is 16.2. The average molecular weight is 323 g/mol. The number of hydrogen-bond acceptors (Lipinski definition) is 4. The van der Waals surface area contributed by atoms with Crippen LogP contribution in [0.15, 0.2) is 24.3 Å². The second kappa shape index (κ2) is 7.27. The Hall–Kier alpha value is -1.66. The Balaban J connectivity index is 1.39. The van der Waals surface area contributed by atoms with Gasteiger partial charge in [-0.05, 0) is 25.0 Å². The van der Waals surface area contributed by atoms with Crippen LogP contribution in [0.25, 0.3) is 0 Å². The number of ether oxygens (including phenoxy) is 3. The fourth-order valence-electron chi connectivity index (χ4n) is 3.05. The maximum atomic E-state index is 13.4. The van der Waals surface area contributed by atoms with Crippen LogP contribution >= 0.6 is 0 Å². The number of para-hydroxylation sites is 1. The quantitative estimate of drug-likeness (QED) is 0.904. The number of carbonyl (C=O) groups is 1. The molecule has 1 heterocycles. The van der Waals surface area contributed by atoms with Gasteiger partial charge in [0.15, 0.2) is 24.0 Å². The minimum Gasteiger partial charge on any atom is -0.481 e. The number of rotatable bonds is 5. The molecule has 6 heteroatoms. The second-order valence-electron chi connectivity index (χ2n) is 6.05. The number of nitrogens with one attached hydrogen (secondary N) is 1. The largest absolute Gasteiger partial charge is 0.481 e. The lowest BCUT2D eigenvalue weighted by molar-refractivity contribution is -0.186. The molecule has 1 amide bonds. The SMILES string of the molecule is O=C(COc1ccccc1F)NCC1COC2(CCCCC2)O1. The molecule has 2 aliphatic rings. The Morgan fingerprint density at radius 1 is 1.30 bits per heavy atom. The van der Waals surface area contributed by atoms with Crippen molar-refractivity contribution in [2.24, 2.45) is 0 Å². The molecule has 5 nitrogen and oxygen atoms in total. The van der Waals surface area contributed by atoms with Crippen molar-refractivity contribution in [2.45, 2.75) is 44.0 Å². The number of benzene rings is 1. The Bertz CT molecular complexity index is 545. The van der Waals surface area contributed by atoms with Crippen molar-refractivity contribution in [3.05, 3.63) is 30.1 Å². The van der Waals surface area contributed by atoms with Gasteiger partial charge in [0.2, 0.25) is 0 Å². The van der Waals surface area contributed by atoms with Crippen LogP contribution in [0.5, 0.6) is 5.75 Å². The fraction of sp³-hybridized carbons (Fsp3) is 0.588. The van der Waals surface area contributed by atoms with Crippen LogP contribution < -0.4 is 10.1 Å². The van der Waals surface area contributed by atoms with E-state index in [1.54, 1.807) is 12.1 Å².